The normalized spacial score (nSPS) is 14.6. The van der Waals surface area contributed by atoms with E-state index in [9.17, 15) is 4.79 Å². The minimum atomic E-state index is -0.0301. The number of benzene rings is 1. The van der Waals surface area contributed by atoms with Gasteiger partial charge in [-0.05, 0) is 40.0 Å². The number of fused-ring (bicyclic) bond motifs is 3. The van der Waals surface area contributed by atoms with Crippen molar-refractivity contribution in [2.45, 2.75) is 6.42 Å². The molecule has 0 saturated heterocycles. The zero-order valence-corrected chi connectivity index (χ0v) is 10.8. The van der Waals surface area contributed by atoms with E-state index >= 15 is 0 Å². The molecule has 0 fully saturated rings. The van der Waals surface area contributed by atoms with Crippen LogP contribution < -0.4 is 10.1 Å². The molecular formula is C12H11BrN2O2. The summed E-state index contributed by atoms with van der Waals surface area (Å²) in [4.78, 5) is 14.9. The molecule has 3 rings (SSSR count). The Morgan fingerprint density at radius 2 is 2.24 bits per heavy atom. The topological polar surface area (TPSA) is 54.1 Å². The molecule has 2 N–H and O–H groups in total. The maximum atomic E-state index is 11.7. The van der Waals surface area contributed by atoms with Gasteiger partial charge in [0.2, 0.25) is 0 Å². The number of ether oxygens (including phenoxy) is 1. The number of halogens is 1. The number of carbonyl (C=O) groups excluding carboxylic acids is 1. The number of H-pyrrole nitrogens is 1. The molecule has 0 unspecified atom stereocenters. The lowest BCUT2D eigenvalue weighted by Crippen LogP contribution is -2.31. The molecule has 2 heterocycles. The smallest absolute Gasteiger partial charge is 0.268 e. The van der Waals surface area contributed by atoms with Crippen LogP contribution in [0.4, 0.5) is 0 Å². The lowest BCUT2D eigenvalue weighted by molar-refractivity contribution is 0.0942. The molecule has 1 amide bonds. The molecule has 0 saturated carbocycles. The summed E-state index contributed by atoms with van der Waals surface area (Å²) < 4.78 is 6.16. The maximum absolute atomic E-state index is 11.7. The number of methoxy groups -OCH3 is 1. The maximum Gasteiger partial charge on any atom is 0.268 e. The zero-order chi connectivity index (χ0) is 12.0. The monoisotopic (exact) mass is 294 g/mol. The van der Waals surface area contributed by atoms with Crippen LogP contribution in [0, 0.1) is 0 Å². The van der Waals surface area contributed by atoms with E-state index < -0.39 is 0 Å². The summed E-state index contributed by atoms with van der Waals surface area (Å²) in [7, 11) is 1.64. The Morgan fingerprint density at radius 3 is 3.00 bits per heavy atom. The molecule has 0 aliphatic carbocycles. The predicted molar refractivity (Wildman–Crippen MR) is 68.6 cm³/mol. The van der Waals surface area contributed by atoms with Gasteiger partial charge < -0.3 is 15.0 Å². The van der Waals surface area contributed by atoms with Crippen molar-refractivity contribution in [1.82, 2.24) is 10.3 Å². The molecule has 1 aromatic carbocycles. The van der Waals surface area contributed by atoms with Gasteiger partial charge in [-0.15, -0.1) is 0 Å². The van der Waals surface area contributed by atoms with E-state index in [0.29, 0.717) is 12.2 Å². The number of aromatic amines is 1. The van der Waals surface area contributed by atoms with Crippen molar-refractivity contribution in [3.8, 4) is 5.75 Å². The quantitative estimate of drug-likeness (QED) is 0.847. The van der Waals surface area contributed by atoms with Crippen LogP contribution >= 0.6 is 15.9 Å². The van der Waals surface area contributed by atoms with Gasteiger partial charge in [0.25, 0.3) is 5.91 Å². The third kappa shape index (κ3) is 1.53. The average Bonchev–Trinajstić information content (AvgIpc) is 2.67. The van der Waals surface area contributed by atoms with E-state index in [1.807, 2.05) is 12.1 Å². The lowest BCUT2D eigenvalue weighted by Gasteiger charge is -2.12. The summed E-state index contributed by atoms with van der Waals surface area (Å²) in [6, 6.07) is 3.91. The number of aromatic nitrogens is 1. The third-order valence-corrected chi connectivity index (χ3v) is 3.69. The fourth-order valence-electron chi connectivity index (χ4n) is 2.25. The molecule has 0 spiro atoms. The van der Waals surface area contributed by atoms with Crippen molar-refractivity contribution in [2.75, 3.05) is 13.7 Å². The van der Waals surface area contributed by atoms with Crippen LogP contribution in [-0.4, -0.2) is 24.5 Å². The third-order valence-electron chi connectivity index (χ3n) is 3.07. The summed E-state index contributed by atoms with van der Waals surface area (Å²) in [5.41, 5.74) is 2.71. The highest BCUT2D eigenvalue weighted by Gasteiger charge is 2.22. The molecular weight excluding hydrogens is 284 g/mol. The summed E-state index contributed by atoms with van der Waals surface area (Å²) in [5, 5.41) is 3.89. The number of nitrogens with one attached hydrogen (secondary N) is 2. The number of hydrogen-bond acceptors (Lipinski definition) is 2. The molecule has 2 aromatic rings. The Morgan fingerprint density at radius 1 is 1.41 bits per heavy atom. The molecule has 0 bridgehead atoms. The fraction of sp³-hybridized carbons (Fsp3) is 0.250. The van der Waals surface area contributed by atoms with Crippen molar-refractivity contribution in [3.05, 3.63) is 27.9 Å². The molecule has 1 aromatic heterocycles. The van der Waals surface area contributed by atoms with Crippen LogP contribution in [0.3, 0.4) is 0 Å². The van der Waals surface area contributed by atoms with Gasteiger partial charge >= 0.3 is 0 Å². The van der Waals surface area contributed by atoms with Gasteiger partial charge in [-0.3, -0.25) is 4.79 Å². The highest BCUT2D eigenvalue weighted by molar-refractivity contribution is 9.10. The van der Waals surface area contributed by atoms with Crippen LogP contribution in [0.2, 0.25) is 0 Å². The predicted octanol–water partition coefficient (Wildman–Crippen LogP) is 2.22. The standard InChI is InChI=1S/C12H11BrN2O2/c1-17-10-4-7-6-2-3-14-12(16)11(6)15-9(7)5-8(10)13/h4-5,15H,2-3H2,1H3,(H,14,16). The van der Waals surface area contributed by atoms with E-state index in [0.717, 1.165) is 33.1 Å². The van der Waals surface area contributed by atoms with E-state index in [-0.39, 0.29) is 5.91 Å². The minimum Gasteiger partial charge on any atom is -0.496 e. The Kier molecular flexibility index (Phi) is 2.36. The van der Waals surface area contributed by atoms with E-state index in [1.165, 1.54) is 0 Å². The molecule has 4 nitrogen and oxygen atoms in total. The number of carbonyl (C=O) groups is 1. The van der Waals surface area contributed by atoms with Crippen LogP contribution in [0.15, 0.2) is 16.6 Å². The largest absolute Gasteiger partial charge is 0.496 e. The Bertz CT molecular complexity index is 618. The van der Waals surface area contributed by atoms with Crippen LogP contribution in [0.25, 0.3) is 10.9 Å². The van der Waals surface area contributed by atoms with Crippen molar-refractivity contribution in [1.29, 1.82) is 0 Å². The first-order valence-electron chi connectivity index (χ1n) is 5.37. The SMILES string of the molecule is COc1cc2c3c([nH]c2cc1Br)C(=O)NCC3. The van der Waals surface area contributed by atoms with Gasteiger partial charge in [0.15, 0.2) is 0 Å². The molecule has 0 radical (unpaired) electrons. The molecule has 88 valence electrons. The van der Waals surface area contributed by atoms with Gasteiger partial charge in [-0.25, -0.2) is 0 Å². The molecule has 1 aliphatic heterocycles. The fourth-order valence-corrected chi connectivity index (χ4v) is 2.76. The number of hydrogen-bond donors (Lipinski definition) is 2. The van der Waals surface area contributed by atoms with Crippen molar-refractivity contribution in [2.24, 2.45) is 0 Å². The van der Waals surface area contributed by atoms with Crippen molar-refractivity contribution < 1.29 is 9.53 Å². The zero-order valence-electron chi connectivity index (χ0n) is 9.26. The second kappa shape index (κ2) is 3.77. The van der Waals surface area contributed by atoms with Gasteiger partial charge in [-0.1, -0.05) is 0 Å². The van der Waals surface area contributed by atoms with E-state index in [1.54, 1.807) is 7.11 Å². The molecule has 0 atom stereocenters. The average molecular weight is 295 g/mol. The van der Waals surface area contributed by atoms with Crippen LogP contribution in [0.5, 0.6) is 5.75 Å². The van der Waals surface area contributed by atoms with Crippen LogP contribution in [-0.2, 0) is 6.42 Å². The van der Waals surface area contributed by atoms with Crippen molar-refractivity contribution >= 4 is 32.7 Å². The lowest BCUT2D eigenvalue weighted by atomic mass is 10.0. The second-order valence-corrected chi connectivity index (χ2v) is 4.87. The Labute approximate surface area is 106 Å². The Hall–Kier alpha value is -1.49. The summed E-state index contributed by atoms with van der Waals surface area (Å²) in [5.74, 6) is 0.753. The molecule has 1 aliphatic rings. The number of amides is 1. The summed E-state index contributed by atoms with van der Waals surface area (Å²) in [6.45, 7) is 0.692. The highest BCUT2D eigenvalue weighted by Crippen LogP contribution is 2.33. The second-order valence-electron chi connectivity index (χ2n) is 4.02. The van der Waals surface area contributed by atoms with Crippen molar-refractivity contribution in [3.63, 3.8) is 0 Å². The first-order chi connectivity index (χ1) is 8.20. The first-order valence-corrected chi connectivity index (χ1v) is 6.16. The highest BCUT2D eigenvalue weighted by atomic mass is 79.9. The van der Waals surface area contributed by atoms with Gasteiger partial charge in [0.1, 0.15) is 11.4 Å². The van der Waals surface area contributed by atoms with E-state index in [4.69, 9.17) is 4.74 Å². The molecule has 5 heteroatoms. The number of rotatable bonds is 1. The first kappa shape index (κ1) is 10.7. The van der Waals surface area contributed by atoms with Crippen LogP contribution in [0.1, 0.15) is 16.1 Å². The van der Waals surface area contributed by atoms with E-state index in [2.05, 4.69) is 26.2 Å². The molecule has 17 heavy (non-hydrogen) atoms. The van der Waals surface area contributed by atoms with Gasteiger partial charge in [0.05, 0.1) is 11.6 Å². The minimum absolute atomic E-state index is 0.0301. The van der Waals surface area contributed by atoms with Gasteiger partial charge in [0, 0.05) is 17.4 Å². The Balaban J connectivity index is 2.31. The summed E-state index contributed by atoms with van der Waals surface area (Å²) >= 11 is 3.44. The van der Waals surface area contributed by atoms with Gasteiger partial charge in [-0.2, -0.15) is 0 Å². The summed E-state index contributed by atoms with van der Waals surface area (Å²) in [6.07, 6.45) is 0.853.